The normalized spacial score (nSPS) is 30.1. The Morgan fingerprint density at radius 3 is 2.25 bits per heavy atom. The van der Waals surface area contributed by atoms with E-state index in [1.807, 2.05) is 13.8 Å². The van der Waals surface area contributed by atoms with Crippen molar-refractivity contribution in [2.45, 2.75) is 77.0 Å². The summed E-state index contributed by atoms with van der Waals surface area (Å²) in [6.07, 6.45) is 5.23. The minimum Gasteiger partial charge on any atom is -0.352 e. The van der Waals surface area contributed by atoms with Crippen LogP contribution in [-0.4, -0.2) is 36.0 Å². The summed E-state index contributed by atoms with van der Waals surface area (Å²) in [7, 11) is 0. The zero-order valence-electron chi connectivity index (χ0n) is 12.7. The summed E-state index contributed by atoms with van der Waals surface area (Å²) < 4.78 is 0. The first-order valence-electron chi connectivity index (χ1n) is 7.79. The third-order valence-electron chi connectivity index (χ3n) is 4.25. The molecule has 2 aliphatic heterocycles. The average Bonchev–Trinajstić information content (AvgIpc) is 2.67. The fraction of sp³-hybridized carbons (Fsp3) is 0.867. The summed E-state index contributed by atoms with van der Waals surface area (Å²) in [5, 5.41) is 9.20. The monoisotopic (exact) mass is 281 g/mol. The first-order valence-corrected chi connectivity index (χ1v) is 7.79. The van der Waals surface area contributed by atoms with Crippen LogP contribution in [0.5, 0.6) is 0 Å². The number of carbonyl (C=O) groups is 2. The van der Waals surface area contributed by atoms with Crippen LogP contribution >= 0.6 is 0 Å². The van der Waals surface area contributed by atoms with E-state index in [0.717, 1.165) is 12.8 Å². The molecule has 5 nitrogen and oxygen atoms in total. The molecule has 0 aromatic rings. The van der Waals surface area contributed by atoms with Gasteiger partial charge in [0.1, 0.15) is 6.04 Å². The molecule has 3 N–H and O–H groups in total. The first kappa shape index (κ1) is 15.3. The van der Waals surface area contributed by atoms with Gasteiger partial charge in [0.2, 0.25) is 11.8 Å². The second kappa shape index (κ2) is 6.57. The lowest BCUT2D eigenvalue weighted by Gasteiger charge is -2.29. The van der Waals surface area contributed by atoms with Gasteiger partial charge in [0.05, 0.1) is 0 Å². The number of hydrogen-bond donors (Lipinski definition) is 3. The van der Waals surface area contributed by atoms with Crippen molar-refractivity contribution >= 4 is 11.8 Å². The van der Waals surface area contributed by atoms with Gasteiger partial charge in [0, 0.05) is 24.5 Å². The number of amides is 2. The molecule has 2 rings (SSSR count). The standard InChI is InChI=1S/C15H27N3O2/c1-9(2)16-15(20)10(3)17-14(19)8-11-6-12-4-5-13(7-11)18-12/h9-13,18H,4-8H2,1-3H3,(H,16,20)(H,17,19). The molecule has 2 amide bonds. The number of piperidine rings is 1. The first-order chi connectivity index (χ1) is 9.44. The van der Waals surface area contributed by atoms with E-state index in [0.29, 0.717) is 24.4 Å². The molecule has 5 heteroatoms. The van der Waals surface area contributed by atoms with E-state index in [-0.39, 0.29) is 17.9 Å². The Kier molecular flexibility index (Phi) is 5.02. The van der Waals surface area contributed by atoms with E-state index in [4.69, 9.17) is 0 Å². The molecule has 20 heavy (non-hydrogen) atoms. The lowest BCUT2D eigenvalue weighted by atomic mass is 9.89. The number of fused-ring (bicyclic) bond motifs is 2. The highest BCUT2D eigenvalue weighted by atomic mass is 16.2. The number of nitrogens with one attached hydrogen (secondary N) is 3. The van der Waals surface area contributed by atoms with Gasteiger partial charge in [-0.3, -0.25) is 9.59 Å². The zero-order chi connectivity index (χ0) is 14.7. The molecular formula is C15H27N3O2. The Hall–Kier alpha value is -1.10. The smallest absolute Gasteiger partial charge is 0.242 e. The van der Waals surface area contributed by atoms with Crippen LogP contribution in [0, 0.1) is 5.92 Å². The van der Waals surface area contributed by atoms with Crippen molar-refractivity contribution in [2.75, 3.05) is 0 Å². The van der Waals surface area contributed by atoms with E-state index in [1.165, 1.54) is 12.8 Å². The van der Waals surface area contributed by atoms with Gasteiger partial charge in [-0.25, -0.2) is 0 Å². The van der Waals surface area contributed by atoms with Gasteiger partial charge in [-0.2, -0.15) is 0 Å². The fourth-order valence-corrected chi connectivity index (χ4v) is 3.38. The maximum Gasteiger partial charge on any atom is 0.242 e. The predicted octanol–water partition coefficient (Wildman–Crippen LogP) is 0.936. The summed E-state index contributed by atoms with van der Waals surface area (Å²) >= 11 is 0. The van der Waals surface area contributed by atoms with Crippen molar-refractivity contribution in [1.82, 2.24) is 16.0 Å². The molecule has 2 heterocycles. The summed E-state index contributed by atoms with van der Waals surface area (Å²) in [5.41, 5.74) is 0. The van der Waals surface area contributed by atoms with Crippen LogP contribution in [0.3, 0.4) is 0 Å². The van der Waals surface area contributed by atoms with Crippen LogP contribution in [0.2, 0.25) is 0 Å². The van der Waals surface area contributed by atoms with Crippen molar-refractivity contribution in [1.29, 1.82) is 0 Å². The van der Waals surface area contributed by atoms with E-state index in [9.17, 15) is 9.59 Å². The molecule has 2 aliphatic rings. The summed E-state index contributed by atoms with van der Waals surface area (Å²) in [6.45, 7) is 5.57. The van der Waals surface area contributed by atoms with Crippen molar-refractivity contribution < 1.29 is 9.59 Å². The molecule has 0 aromatic carbocycles. The van der Waals surface area contributed by atoms with Crippen molar-refractivity contribution in [3.05, 3.63) is 0 Å². The topological polar surface area (TPSA) is 70.2 Å². The highest BCUT2D eigenvalue weighted by molar-refractivity contribution is 5.87. The maximum atomic E-state index is 12.0. The Bertz CT molecular complexity index is 358. The molecule has 0 aromatic heterocycles. The molecule has 0 radical (unpaired) electrons. The summed E-state index contributed by atoms with van der Waals surface area (Å²) in [5.74, 6) is 0.357. The number of carbonyl (C=O) groups excluding carboxylic acids is 2. The van der Waals surface area contributed by atoms with E-state index >= 15 is 0 Å². The van der Waals surface area contributed by atoms with Gasteiger partial charge in [-0.05, 0) is 52.4 Å². The Morgan fingerprint density at radius 2 is 1.70 bits per heavy atom. The molecule has 2 bridgehead atoms. The zero-order valence-corrected chi connectivity index (χ0v) is 12.7. The van der Waals surface area contributed by atoms with Crippen LogP contribution in [0.25, 0.3) is 0 Å². The molecule has 114 valence electrons. The van der Waals surface area contributed by atoms with Crippen molar-refractivity contribution in [3.63, 3.8) is 0 Å². The van der Waals surface area contributed by atoms with E-state index in [1.54, 1.807) is 6.92 Å². The van der Waals surface area contributed by atoms with Crippen LogP contribution in [0.15, 0.2) is 0 Å². The Morgan fingerprint density at radius 1 is 1.10 bits per heavy atom. The third kappa shape index (κ3) is 4.20. The molecule has 2 saturated heterocycles. The van der Waals surface area contributed by atoms with Crippen molar-refractivity contribution in [2.24, 2.45) is 5.92 Å². The Balaban J connectivity index is 1.73. The van der Waals surface area contributed by atoms with Crippen LogP contribution in [0.1, 0.15) is 52.9 Å². The van der Waals surface area contributed by atoms with Gasteiger partial charge < -0.3 is 16.0 Å². The largest absolute Gasteiger partial charge is 0.352 e. The molecule has 3 unspecified atom stereocenters. The van der Waals surface area contributed by atoms with Crippen LogP contribution < -0.4 is 16.0 Å². The lowest BCUT2D eigenvalue weighted by molar-refractivity contribution is -0.129. The Labute approximate surface area is 121 Å². The van der Waals surface area contributed by atoms with Gasteiger partial charge in [-0.1, -0.05) is 0 Å². The van der Waals surface area contributed by atoms with Crippen LogP contribution in [-0.2, 0) is 9.59 Å². The minimum atomic E-state index is -0.455. The fourth-order valence-electron chi connectivity index (χ4n) is 3.38. The molecular weight excluding hydrogens is 254 g/mol. The average molecular weight is 281 g/mol. The van der Waals surface area contributed by atoms with Crippen molar-refractivity contribution in [3.8, 4) is 0 Å². The van der Waals surface area contributed by atoms with Gasteiger partial charge >= 0.3 is 0 Å². The number of hydrogen-bond acceptors (Lipinski definition) is 3. The maximum absolute atomic E-state index is 12.0. The summed E-state index contributed by atoms with van der Waals surface area (Å²) in [4.78, 5) is 23.8. The predicted molar refractivity (Wildman–Crippen MR) is 78.2 cm³/mol. The molecule has 3 atom stereocenters. The van der Waals surface area contributed by atoms with Gasteiger partial charge in [0.15, 0.2) is 0 Å². The summed E-state index contributed by atoms with van der Waals surface area (Å²) in [6, 6.07) is 0.853. The minimum absolute atomic E-state index is 0.00251. The molecule has 0 aliphatic carbocycles. The van der Waals surface area contributed by atoms with Gasteiger partial charge in [0.25, 0.3) is 0 Å². The number of rotatable bonds is 5. The lowest BCUT2D eigenvalue weighted by Crippen LogP contribution is -2.47. The van der Waals surface area contributed by atoms with Gasteiger partial charge in [-0.15, -0.1) is 0 Å². The highest BCUT2D eigenvalue weighted by Gasteiger charge is 2.34. The second-order valence-corrected chi connectivity index (χ2v) is 6.63. The van der Waals surface area contributed by atoms with Crippen LogP contribution in [0.4, 0.5) is 0 Å². The van der Waals surface area contributed by atoms with E-state index < -0.39 is 6.04 Å². The third-order valence-corrected chi connectivity index (χ3v) is 4.25. The molecule has 0 spiro atoms. The molecule has 2 fully saturated rings. The molecule has 0 saturated carbocycles. The van der Waals surface area contributed by atoms with E-state index in [2.05, 4.69) is 16.0 Å². The second-order valence-electron chi connectivity index (χ2n) is 6.63. The SMILES string of the molecule is CC(C)NC(=O)C(C)NC(=O)CC1CC2CCC(C1)N2. The quantitative estimate of drug-likeness (QED) is 0.702. The highest BCUT2D eigenvalue weighted by Crippen LogP contribution is 2.32.